The molecule has 20 heavy (non-hydrogen) atoms. The van der Waals surface area contributed by atoms with E-state index in [0.717, 1.165) is 18.2 Å². The van der Waals surface area contributed by atoms with Gasteiger partial charge >= 0.3 is 0 Å². The summed E-state index contributed by atoms with van der Waals surface area (Å²) in [6.07, 6.45) is 2.63. The molecule has 0 amide bonds. The lowest BCUT2D eigenvalue weighted by atomic mass is 9.97. The Balaban J connectivity index is 1.92. The Kier molecular flexibility index (Phi) is 3.93. The summed E-state index contributed by atoms with van der Waals surface area (Å²) in [5.41, 5.74) is 1.33. The fourth-order valence-corrected chi connectivity index (χ4v) is 3.11. The summed E-state index contributed by atoms with van der Waals surface area (Å²) in [4.78, 5) is 2.56. The predicted molar refractivity (Wildman–Crippen MR) is 84.2 cm³/mol. The van der Waals surface area contributed by atoms with Crippen LogP contribution in [0.25, 0.3) is 10.8 Å². The van der Waals surface area contributed by atoms with E-state index in [2.05, 4.69) is 48.2 Å². The van der Waals surface area contributed by atoms with Crippen LogP contribution in [0, 0.1) is 5.92 Å². The number of methoxy groups -OCH3 is 1. The topological polar surface area (TPSA) is 12.5 Å². The summed E-state index contributed by atoms with van der Waals surface area (Å²) in [7, 11) is 1.77. The number of benzene rings is 2. The molecule has 0 aliphatic carbocycles. The molecular formula is C18H23NO. The zero-order valence-electron chi connectivity index (χ0n) is 12.4. The molecule has 0 bridgehead atoms. The molecule has 2 heteroatoms. The molecular weight excluding hydrogens is 246 g/mol. The Bertz CT molecular complexity index is 585. The van der Waals surface area contributed by atoms with Gasteiger partial charge in [-0.1, -0.05) is 37.3 Å². The van der Waals surface area contributed by atoms with Crippen molar-refractivity contribution < 1.29 is 4.74 Å². The highest BCUT2D eigenvalue weighted by atomic mass is 16.5. The number of hydrogen-bond acceptors (Lipinski definition) is 2. The van der Waals surface area contributed by atoms with Crippen LogP contribution in [0.5, 0.6) is 5.75 Å². The van der Waals surface area contributed by atoms with Crippen molar-refractivity contribution in [2.24, 2.45) is 5.92 Å². The summed E-state index contributed by atoms with van der Waals surface area (Å²) >= 11 is 0. The van der Waals surface area contributed by atoms with E-state index in [4.69, 9.17) is 4.74 Å². The Labute approximate surface area is 121 Å². The molecule has 0 aromatic heterocycles. The van der Waals surface area contributed by atoms with Crippen molar-refractivity contribution in [2.75, 3.05) is 20.2 Å². The van der Waals surface area contributed by atoms with E-state index in [1.54, 1.807) is 7.11 Å². The number of nitrogens with zero attached hydrogens (tertiary/aromatic N) is 1. The number of piperidine rings is 1. The van der Waals surface area contributed by atoms with Crippen LogP contribution in [0.2, 0.25) is 0 Å². The molecule has 0 unspecified atom stereocenters. The molecule has 2 aromatic rings. The van der Waals surface area contributed by atoms with E-state index >= 15 is 0 Å². The Hall–Kier alpha value is -1.54. The predicted octanol–water partition coefficient (Wildman–Crippen LogP) is 4.08. The van der Waals surface area contributed by atoms with E-state index in [1.165, 1.54) is 42.3 Å². The van der Waals surface area contributed by atoms with Gasteiger partial charge in [0.05, 0.1) is 7.11 Å². The molecule has 1 aliphatic rings. The maximum absolute atomic E-state index is 5.59. The summed E-state index contributed by atoms with van der Waals surface area (Å²) in [6.45, 7) is 5.76. The molecule has 0 atom stereocenters. The van der Waals surface area contributed by atoms with Gasteiger partial charge in [0.25, 0.3) is 0 Å². The molecule has 1 fully saturated rings. The Morgan fingerprint density at radius 2 is 1.85 bits per heavy atom. The van der Waals surface area contributed by atoms with Crippen molar-refractivity contribution in [3.63, 3.8) is 0 Å². The van der Waals surface area contributed by atoms with E-state index in [-0.39, 0.29) is 0 Å². The zero-order chi connectivity index (χ0) is 13.9. The first kappa shape index (κ1) is 13.4. The van der Waals surface area contributed by atoms with Gasteiger partial charge in [0.2, 0.25) is 0 Å². The molecule has 0 N–H and O–H groups in total. The first-order valence-corrected chi connectivity index (χ1v) is 7.55. The van der Waals surface area contributed by atoms with Crippen LogP contribution in [0.1, 0.15) is 25.3 Å². The van der Waals surface area contributed by atoms with E-state index in [1.807, 2.05) is 0 Å². The van der Waals surface area contributed by atoms with E-state index in [9.17, 15) is 0 Å². The number of hydrogen-bond donors (Lipinski definition) is 0. The molecule has 0 radical (unpaired) electrons. The largest absolute Gasteiger partial charge is 0.496 e. The standard InChI is InChI=1S/C18H23NO/c1-14-9-11-19(12-10-14)13-17-16-6-4-3-5-15(16)7-8-18(17)20-2/h3-8,14H,9-13H2,1-2H3. The summed E-state index contributed by atoms with van der Waals surface area (Å²) in [5, 5.41) is 2.62. The van der Waals surface area contributed by atoms with Crippen molar-refractivity contribution in [2.45, 2.75) is 26.3 Å². The van der Waals surface area contributed by atoms with Gasteiger partial charge < -0.3 is 4.74 Å². The van der Waals surface area contributed by atoms with Gasteiger partial charge in [0.15, 0.2) is 0 Å². The maximum Gasteiger partial charge on any atom is 0.123 e. The fourth-order valence-electron chi connectivity index (χ4n) is 3.11. The second-order valence-corrected chi connectivity index (χ2v) is 5.93. The van der Waals surface area contributed by atoms with E-state index < -0.39 is 0 Å². The smallest absolute Gasteiger partial charge is 0.123 e. The van der Waals surface area contributed by atoms with Crippen LogP contribution in [-0.4, -0.2) is 25.1 Å². The number of ether oxygens (including phenoxy) is 1. The van der Waals surface area contributed by atoms with Crippen molar-refractivity contribution in [1.82, 2.24) is 4.90 Å². The lowest BCUT2D eigenvalue weighted by Gasteiger charge is -2.31. The van der Waals surface area contributed by atoms with Crippen molar-refractivity contribution in [1.29, 1.82) is 0 Å². The second kappa shape index (κ2) is 5.84. The number of fused-ring (bicyclic) bond motifs is 1. The third-order valence-corrected chi connectivity index (χ3v) is 4.48. The van der Waals surface area contributed by atoms with Gasteiger partial charge in [-0.3, -0.25) is 4.90 Å². The molecule has 0 spiro atoms. The Morgan fingerprint density at radius 3 is 2.60 bits per heavy atom. The fraction of sp³-hybridized carbons (Fsp3) is 0.444. The molecule has 0 saturated carbocycles. The van der Waals surface area contributed by atoms with Crippen LogP contribution >= 0.6 is 0 Å². The van der Waals surface area contributed by atoms with Crippen LogP contribution < -0.4 is 4.74 Å². The van der Waals surface area contributed by atoms with Crippen LogP contribution in [0.4, 0.5) is 0 Å². The zero-order valence-corrected chi connectivity index (χ0v) is 12.4. The van der Waals surface area contributed by atoms with Crippen LogP contribution in [0.15, 0.2) is 36.4 Å². The molecule has 1 saturated heterocycles. The summed E-state index contributed by atoms with van der Waals surface area (Å²) in [5.74, 6) is 1.89. The highest BCUT2D eigenvalue weighted by Gasteiger charge is 2.18. The SMILES string of the molecule is COc1ccc2ccccc2c1CN1CCC(C)CC1. The molecule has 1 heterocycles. The Morgan fingerprint density at radius 1 is 1.10 bits per heavy atom. The van der Waals surface area contributed by atoms with Gasteiger partial charge in [-0.15, -0.1) is 0 Å². The highest BCUT2D eigenvalue weighted by Crippen LogP contribution is 2.30. The molecule has 2 nitrogen and oxygen atoms in total. The minimum Gasteiger partial charge on any atom is -0.496 e. The summed E-state index contributed by atoms with van der Waals surface area (Å²) < 4.78 is 5.59. The highest BCUT2D eigenvalue weighted by molar-refractivity contribution is 5.87. The number of likely N-dealkylation sites (tertiary alicyclic amines) is 1. The molecule has 1 aliphatic heterocycles. The first-order chi connectivity index (χ1) is 9.78. The average Bonchev–Trinajstić information content (AvgIpc) is 2.50. The van der Waals surface area contributed by atoms with Crippen LogP contribution in [0.3, 0.4) is 0 Å². The van der Waals surface area contributed by atoms with Gasteiger partial charge in [-0.25, -0.2) is 0 Å². The minimum atomic E-state index is 0.876. The number of rotatable bonds is 3. The van der Waals surface area contributed by atoms with Crippen LogP contribution in [-0.2, 0) is 6.54 Å². The van der Waals surface area contributed by atoms with Gasteiger partial charge in [0.1, 0.15) is 5.75 Å². The van der Waals surface area contributed by atoms with Crippen molar-refractivity contribution >= 4 is 10.8 Å². The monoisotopic (exact) mass is 269 g/mol. The lowest BCUT2D eigenvalue weighted by Crippen LogP contribution is -2.32. The third kappa shape index (κ3) is 2.66. The quantitative estimate of drug-likeness (QED) is 0.832. The lowest BCUT2D eigenvalue weighted by molar-refractivity contribution is 0.184. The van der Waals surface area contributed by atoms with Gasteiger partial charge in [0, 0.05) is 12.1 Å². The molecule has 106 valence electrons. The maximum atomic E-state index is 5.59. The summed E-state index contributed by atoms with van der Waals surface area (Å²) in [6, 6.07) is 12.8. The minimum absolute atomic E-state index is 0.876. The van der Waals surface area contributed by atoms with Crippen molar-refractivity contribution in [3.05, 3.63) is 42.0 Å². The average molecular weight is 269 g/mol. The molecule has 2 aromatic carbocycles. The van der Waals surface area contributed by atoms with Gasteiger partial charge in [-0.2, -0.15) is 0 Å². The van der Waals surface area contributed by atoms with Crippen molar-refractivity contribution in [3.8, 4) is 5.75 Å². The second-order valence-electron chi connectivity index (χ2n) is 5.93. The van der Waals surface area contributed by atoms with E-state index in [0.29, 0.717) is 0 Å². The molecule has 3 rings (SSSR count). The normalized spacial score (nSPS) is 17.5. The van der Waals surface area contributed by atoms with Gasteiger partial charge in [-0.05, 0) is 48.7 Å². The third-order valence-electron chi connectivity index (χ3n) is 4.48. The first-order valence-electron chi connectivity index (χ1n) is 7.55.